The first kappa shape index (κ1) is 32.1. The van der Waals surface area contributed by atoms with Crippen LogP contribution in [0, 0.1) is 0 Å². The molecule has 1 heterocycles. The topological polar surface area (TPSA) is 13.1 Å². The van der Waals surface area contributed by atoms with E-state index in [1.54, 1.807) is 0 Å². The minimum Gasteiger partial charge on any atom is -0.456 e. The van der Waals surface area contributed by atoms with Crippen molar-refractivity contribution < 1.29 is 128 Å². The summed E-state index contributed by atoms with van der Waals surface area (Å²) in [5, 5.41) is -17.6. The normalized spacial score (nSPS) is 20.5. The summed E-state index contributed by atoms with van der Waals surface area (Å²) in [6.07, 6.45) is 0. The third-order valence-corrected chi connectivity index (χ3v) is 22.3. The van der Waals surface area contributed by atoms with Gasteiger partial charge in [-0.3, -0.25) is 0 Å². The molecule has 0 atom stereocenters. The van der Waals surface area contributed by atoms with Crippen molar-refractivity contribution in [3.05, 3.63) is 544 Å². The van der Waals surface area contributed by atoms with Gasteiger partial charge in [-0.1, -0.05) is 495 Å². The lowest BCUT2D eigenvalue weighted by Gasteiger charge is -2.19. The second kappa shape index (κ2) is 35.7. The molecule has 0 fully saturated rings. The van der Waals surface area contributed by atoms with E-state index in [4.69, 9.17) is 103 Å². The Morgan fingerprint density at radius 2 is 0.312 bits per heavy atom. The molecule has 656 valence electrons. The molecule has 141 heavy (non-hydrogen) atoms. The van der Waals surface area contributed by atoms with Crippen LogP contribution in [0.1, 0.15) is 123 Å². The van der Waals surface area contributed by atoms with Crippen molar-refractivity contribution in [2.24, 2.45) is 0 Å². The van der Waals surface area contributed by atoms with Gasteiger partial charge in [-0.25, -0.2) is 0 Å². The van der Waals surface area contributed by atoms with E-state index in [2.05, 4.69) is 0 Å². The van der Waals surface area contributed by atoms with Crippen molar-refractivity contribution in [3.63, 3.8) is 0 Å². The molecule has 0 saturated carbocycles. The maximum absolute atomic E-state index is 9.52. The van der Waals surface area contributed by atoms with E-state index >= 15 is 0 Å². The van der Waals surface area contributed by atoms with Gasteiger partial charge >= 0.3 is 0 Å². The summed E-state index contributed by atoms with van der Waals surface area (Å²) < 4.78 is 795. The van der Waals surface area contributed by atoms with Gasteiger partial charge in [-0.05, 0) is 299 Å². The summed E-state index contributed by atoms with van der Waals surface area (Å²) >= 11 is 0. The highest BCUT2D eigenvalue weighted by atomic mass is 16.3. The molecule has 1 aromatic heterocycles. The van der Waals surface area contributed by atoms with Crippen LogP contribution in [0.4, 0.5) is 0 Å². The number of fused-ring (bicyclic) bond motifs is 17. The maximum atomic E-state index is 9.52. The van der Waals surface area contributed by atoms with Gasteiger partial charge in [0.05, 0.1) is 123 Å². The van der Waals surface area contributed by atoms with Crippen LogP contribution in [-0.4, -0.2) is 0 Å². The lowest BCUT2D eigenvalue weighted by Crippen LogP contribution is -1.91. The van der Waals surface area contributed by atoms with Crippen molar-refractivity contribution in [3.8, 4) is 100 Å². The van der Waals surface area contributed by atoms with Gasteiger partial charge in [0, 0.05) is 10.8 Å². The van der Waals surface area contributed by atoms with Crippen LogP contribution in [-0.2, 0) is 0 Å². The van der Waals surface area contributed by atoms with Crippen LogP contribution in [0.3, 0.4) is 0 Å². The smallest absolute Gasteiger partial charge is 0.135 e. The van der Waals surface area contributed by atoms with E-state index in [1.807, 2.05) is 0 Å². The average molecular weight is 1880 g/mol. The first-order valence-electron chi connectivity index (χ1n) is 86.4. The molecule has 0 N–H and O–H groups in total. The maximum Gasteiger partial charge on any atom is 0.135 e. The number of benzene rings is 28. The second-order valence-electron chi connectivity index (χ2n) is 30.0. The minimum absolute atomic E-state index is 0.374. The number of rotatable bonds is 9. The molecule has 1 nitrogen and oxygen atoms in total. The van der Waals surface area contributed by atoms with Gasteiger partial charge in [0.2, 0.25) is 0 Å². The summed E-state index contributed by atoms with van der Waals surface area (Å²) in [4.78, 5) is 0. The van der Waals surface area contributed by atoms with Gasteiger partial charge < -0.3 is 4.42 Å². The number of hydrogen-bond acceptors (Lipinski definition) is 1. The molecule has 0 saturated heterocycles. The largest absolute Gasteiger partial charge is 0.456 e. The van der Waals surface area contributed by atoms with Crippen LogP contribution < -0.4 is 0 Å². The molecular weight excluding hydrogens is 1700 g/mol. The van der Waals surface area contributed by atoms with E-state index in [0.717, 1.165) is 0 Å². The molecule has 0 amide bonds. The quantitative estimate of drug-likeness (QED) is 0.131. The Morgan fingerprint density at radius 3 is 0.645 bits per heavy atom. The molecule has 0 unspecified atom stereocenters. The zero-order valence-corrected chi connectivity index (χ0v) is 70.4. The third-order valence-electron chi connectivity index (χ3n) is 22.3. The monoisotopic (exact) mass is 1880 g/mol. The molecule has 0 aliphatic carbocycles. The Labute approximate surface area is 943 Å². The molecule has 29 aromatic rings. The predicted octanol–water partition coefficient (Wildman–Crippen LogP) is 39.8. The lowest BCUT2D eigenvalue weighted by atomic mass is 9.84. The number of furan rings is 1. The van der Waals surface area contributed by atoms with E-state index in [1.165, 1.54) is 0 Å². The Morgan fingerprint density at radius 1 is 0.106 bits per heavy atom. The van der Waals surface area contributed by atoms with Gasteiger partial charge in [0.25, 0.3) is 0 Å². The fraction of sp³-hybridized carbons (Fsp3) is 0. The Kier molecular flexibility index (Phi) is 8.13. The first-order chi connectivity index (χ1) is 107. The standard InChI is InChI=1S/C36H22O.C36H24.2C34H22/c1-2-10-24-21-25(18-17-23(24)9-1)35-28-12-3-5-14-30(28)36(31-15-6-4-13-29(31)35)26-19-20-34-32(22-26)27-11-7-8-16-33(27)37-34;1-2-11-27(12-3-1)35-31-14-6-8-16-33(31)36(34-17-9-7-15-32(34)35)28-21-18-26(19-22-28)30-23-20-25-10-4-5-13-29(25)24-30;1-3-11-25-21-27(19-17-23(25)9-1)33-29-13-5-7-15-31(29)34(32-16-8-6-14-30(32)33)28-20-18-24-10-2-4-12-26(24)22-28;1-2-12-25-22-26(21-20-23(25)10-1)33-29-15-5-7-17-31(29)34(32-18-8-6-16-30(32)33)28-19-9-13-24-11-3-4-14-27(24)28/h1-22H;1-24H;2*1-22H/i1D,2D,3D,4D,5D,6D,7D,8D,9D,10D,11D,12D,13D,14D,15D,16D,17D,18D,19D,20D,21D,22D;1D,2D,3D,4D,5D,6D,7D,8D,9D,10D,11D,12D,13D,14D,15D,16D,17D,18D,19D,20D,21D,22D,23D,24D;2*1D,2D,3D,4D,5D,6D,7D,8D,9D,10D,11D,12D,13D,14D,15D,16D,17D,18D,19D,20D,21D,22D. The molecule has 0 aliphatic rings. The molecule has 0 radical (unpaired) electrons. The molecule has 0 bridgehead atoms. The zero-order valence-electron chi connectivity index (χ0n) is 160. The number of hydrogen-bond donors (Lipinski definition) is 0. The van der Waals surface area contributed by atoms with Crippen molar-refractivity contribution in [1.29, 1.82) is 0 Å². The molecule has 28 aromatic carbocycles. The Bertz CT molecular complexity index is 15400. The molecule has 1 heteroatoms. The highest BCUT2D eigenvalue weighted by Gasteiger charge is 2.24. The van der Waals surface area contributed by atoms with Crippen molar-refractivity contribution >= 4 is 173 Å². The zero-order chi connectivity index (χ0) is 172. The van der Waals surface area contributed by atoms with E-state index in [9.17, 15) is 24.7 Å². The van der Waals surface area contributed by atoms with Crippen molar-refractivity contribution in [1.82, 2.24) is 0 Å². The average Bonchev–Trinajstić information content (AvgIpc) is 1.18. The highest BCUT2D eigenvalue weighted by molar-refractivity contribution is 6.28. The summed E-state index contributed by atoms with van der Waals surface area (Å²) in [5.41, 5.74) is -13.1. The minimum atomic E-state index is -1.04. The highest BCUT2D eigenvalue weighted by Crippen LogP contribution is 2.52. The van der Waals surface area contributed by atoms with Crippen LogP contribution in [0.2, 0.25) is 0 Å². The SMILES string of the molecule is [2H]c1c([2H])c([2H])c(-c2c3c([2H])c([2H])c([2H])c([2H])c3c(-c3c([2H])c([2H])c(-c4c([2H])c([2H])c5c([2H])c([2H])c([2H])c([2H])c5c4[2H])c([2H])c3[2H])c3c([2H])c([2H])c([2H])c([2H])c23)c([2H])c1[2H].[2H]c1c([2H])c([2H])c2c([2H])c(-c3c4c([2H])c([2H])c([2H])c([2H])c4c(-c4c([2H])c([2H])c([2H])c5c([2H])c([2H])c([2H])c([2H])c45)c4c([2H])c([2H])c([2H])c([2H])c34)c([2H])c([2H])c2c1[2H].[2H]c1c([2H])c([2H])c2c([2H])c(-c3c4c([2H])c([2H])c([2H])c([2H])c4c(-c4c([2H])c([2H])c5c([2H])c([2H])c([2H])c([2H])c5c4[2H])c4c([2H])c([2H])c([2H])c([2H])c34)c([2H])c([2H])c2c1[2H].[2H]c1c([2H])c([2H])c2c(oc3c([2H])c([2H])c(-c4c5c([2H])c([2H])c([2H])c([2H])c5c(-c5c([2H])c([2H])c6c([2H])c([2H])c([2H])c([2H])c6c5[2H])c5c([2H])c([2H])c([2H])c([2H])c45)c([2H])c32)c1[2H]. The van der Waals surface area contributed by atoms with Crippen LogP contribution in [0.25, 0.3) is 273 Å². The van der Waals surface area contributed by atoms with Crippen LogP contribution >= 0.6 is 0 Å². The van der Waals surface area contributed by atoms with E-state index in [0.29, 0.717) is 0 Å². The summed E-state index contributed by atoms with van der Waals surface area (Å²) in [5.74, 6) is 0. The lowest BCUT2D eigenvalue weighted by molar-refractivity contribution is 0.669. The van der Waals surface area contributed by atoms with Crippen molar-refractivity contribution in [2.75, 3.05) is 0 Å². The summed E-state index contributed by atoms with van der Waals surface area (Å²) in [7, 11) is 0. The summed E-state index contributed by atoms with van der Waals surface area (Å²) in [6.45, 7) is 0. The van der Waals surface area contributed by atoms with E-state index in [-0.39, 0.29) is 5.39 Å². The molecule has 0 aliphatic heterocycles. The van der Waals surface area contributed by atoms with Gasteiger partial charge in [0.15, 0.2) is 0 Å². The Hall–Kier alpha value is -18.4. The summed E-state index contributed by atoms with van der Waals surface area (Å²) in [6, 6.07) is -77.4. The van der Waals surface area contributed by atoms with Gasteiger partial charge in [-0.2, -0.15) is 0 Å². The second-order valence-corrected chi connectivity index (χ2v) is 30.0. The van der Waals surface area contributed by atoms with Crippen LogP contribution in [0.5, 0.6) is 0 Å². The van der Waals surface area contributed by atoms with Gasteiger partial charge in [0.1, 0.15) is 11.2 Å². The fourth-order valence-corrected chi connectivity index (χ4v) is 16.4. The Balaban J connectivity index is 0.000000140. The third kappa shape index (κ3) is 15.0. The van der Waals surface area contributed by atoms with E-state index < -0.39 is 811 Å². The molecule has 0 spiro atoms. The van der Waals surface area contributed by atoms with Crippen LogP contribution in [0.15, 0.2) is 548 Å². The van der Waals surface area contributed by atoms with Crippen molar-refractivity contribution in [2.45, 2.75) is 0 Å². The molecular formula is C140H90O. The predicted molar refractivity (Wildman–Crippen MR) is 607 cm³/mol. The van der Waals surface area contributed by atoms with Gasteiger partial charge in [-0.15, -0.1) is 0 Å². The number of para-hydroxylation sites is 1. The molecule has 29 rings (SSSR count). The first-order valence-corrected chi connectivity index (χ1v) is 41.4. The fourth-order valence-electron chi connectivity index (χ4n) is 16.4.